The van der Waals surface area contributed by atoms with E-state index in [0.29, 0.717) is 27.9 Å². The number of carbonyl (C=O) groups excluding carboxylic acids is 2. The molecule has 0 bridgehead atoms. The van der Waals surface area contributed by atoms with Gasteiger partial charge >= 0.3 is 5.97 Å². The third-order valence-electron chi connectivity index (χ3n) is 18.4. The smallest absolute Gasteiger partial charge is 0.311 e. The Hall–Kier alpha value is -2.54. The van der Waals surface area contributed by atoms with Gasteiger partial charge in [-0.2, -0.15) is 0 Å². The van der Waals surface area contributed by atoms with Gasteiger partial charge in [0.1, 0.15) is 41.5 Å². The Morgan fingerprint density at radius 1 is 0.771 bits per heavy atom. The molecule has 15 nitrogen and oxygen atoms in total. The molecule has 0 aromatic heterocycles. The van der Waals surface area contributed by atoms with E-state index in [2.05, 4.69) is 36.4 Å². The first kappa shape index (κ1) is 69.6. The normalized spacial score (nSPS) is 35.4. The highest BCUT2D eigenvalue weighted by molar-refractivity contribution is 7.95. The van der Waals surface area contributed by atoms with E-state index in [9.17, 15) is 35.1 Å². The maximum atomic E-state index is 14.9. The predicted octanol–water partition coefficient (Wildman–Crippen LogP) is 9.34. The lowest BCUT2D eigenvalue weighted by Gasteiger charge is -2.48. The highest BCUT2D eigenvalue weighted by atomic mass is 35.5. The minimum Gasteiger partial charge on any atom is -0.461 e. The Kier molecular flexibility index (Phi) is 25.2. The average molecular weight is 1240 g/mol. The van der Waals surface area contributed by atoms with Crippen molar-refractivity contribution in [1.82, 2.24) is 9.80 Å². The number of aliphatic hydroxyl groups excluding tert-OH is 4. The van der Waals surface area contributed by atoms with Crippen molar-refractivity contribution < 1.29 is 63.5 Å². The highest BCUT2D eigenvalue weighted by Gasteiger charge is 2.54. The van der Waals surface area contributed by atoms with Gasteiger partial charge in [-0.25, -0.2) is 0 Å². The molecular weight excluding hydrogens is 1140 g/mol. The molecule has 0 radical (unpaired) electrons. The lowest BCUT2D eigenvalue weighted by molar-refractivity contribution is -0.318. The zero-order valence-electron chi connectivity index (χ0n) is 51.3. The lowest BCUT2D eigenvalue weighted by atomic mass is 9.75. The molecule has 18 atom stereocenters. The summed E-state index contributed by atoms with van der Waals surface area (Å²) in [5.74, 6) is -3.26. The number of carbonyl (C=O) groups is 2. The first-order valence-corrected chi connectivity index (χ1v) is 33.0. The van der Waals surface area contributed by atoms with Gasteiger partial charge in [0.15, 0.2) is 12.6 Å². The Morgan fingerprint density at radius 2 is 1.30 bits per heavy atom. The number of hydrogen-bond acceptors (Lipinski definition) is 14. The summed E-state index contributed by atoms with van der Waals surface area (Å²) >= 11 is 19.3. The molecular formula is C64H97Cl3N2O13P+. The maximum absolute atomic E-state index is 14.9. The van der Waals surface area contributed by atoms with Crippen molar-refractivity contribution in [2.75, 3.05) is 40.5 Å². The van der Waals surface area contributed by atoms with E-state index in [1.807, 2.05) is 83.1 Å². The van der Waals surface area contributed by atoms with Crippen molar-refractivity contribution in [2.24, 2.45) is 23.2 Å². The van der Waals surface area contributed by atoms with Crippen LogP contribution in [-0.4, -0.2) is 172 Å². The monoisotopic (exact) mass is 1240 g/mol. The predicted molar refractivity (Wildman–Crippen MR) is 331 cm³/mol. The maximum Gasteiger partial charge on any atom is 0.311 e. The molecule has 0 aliphatic carbocycles. The fourth-order valence-electron chi connectivity index (χ4n) is 13.4. The van der Waals surface area contributed by atoms with Gasteiger partial charge in [-0.05, 0) is 173 Å². The summed E-state index contributed by atoms with van der Waals surface area (Å²) in [7, 11) is 3.05. The number of nitrogens with zero attached hydrogens (tertiary/aromatic N) is 2. The number of cyclic esters (lactones) is 1. The number of esters is 1. The molecule has 19 heteroatoms. The second-order valence-electron chi connectivity index (χ2n) is 25.2. The second kappa shape index (κ2) is 30.1. The van der Waals surface area contributed by atoms with Crippen LogP contribution in [0.5, 0.6) is 0 Å². The number of methoxy groups -OCH3 is 1. The standard InChI is InChI=1S/C64H97Cl3N2O13P/c1-14-52-62(8,38-70)57(73)43(6)69(53(71)20-18-16-15-17-19-33-83(48-27-21-45(65)22-28-48,49-29-23-46(66)24-30-49)50-31-25-47(67)26-32-50)37-39(2)35-63(9,76)59(82-61-55(72)51(68(11)12)34-40(3)78-61)41(4)56(42(5)60(75)80-52)81-54-36-64(10,77-13)58(74)44(7)79-54/h21-32,39-44,51-52,54-59,61,70,72-74,76H,14-20,33-38H2,1-13H3/q+1/t39-,40-,41+,42-,43-,44+,51+,52-,54+,55-,56+,57-,58+,59-,61+,62-,63-,64-/m1/s1. The highest BCUT2D eigenvalue weighted by Crippen LogP contribution is 2.56. The van der Waals surface area contributed by atoms with Gasteiger partial charge in [-0.1, -0.05) is 75.3 Å². The quantitative estimate of drug-likeness (QED) is 0.0433. The van der Waals surface area contributed by atoms with Gasteiger partial charge in [0.05, 0.1) is 71.9 Å². The number of hydrogen-bond donors (Lipinski definition) is 5. The molecule has 3 heterocycles. The van der Waals surface area contributed by atoms with E-state index in [1.165, 1.54) is 23.0 Å². The van der Waals surface area contributed by atoms with E-state index in [4.69, 9.17) is 63.2 Å². The molecule has 466 valence electrons. The molecule has 6 rings (SSSR count). The van der Waals surface area contributed by atoms with Gasteiger partial charge in [-0.15, -0.1) is 0 Å². The van der Waals surface area contributed by atoms with Crippen LogP contribution in [0.3, 0.4) is 0 Å². The number of halogens is 3. The van der Waals surface area contributed by atoms with Crippen molar-refractivity contribution in [2.45, 2.75) is 218 Å². The fourth-order valence-corrected chi connectivity index (χ4v) is 18.1. The third-order valence-corrected chi connectivity index (χ3v) is 23.7. The number of likely N-dealkylation sites (N-methyl/N-ethyl adjacent to an activating group) is 1. The van der Waals surface area contributed by atoms with E-state index >= 15 is 0 Å². The lowest BCUT2D eigenvalue weighted by Crippen LogP contribution is -2.60. The molecule has 1 amide bonds. The van der Waals surface area contributed by atoms with Crippen LogP contribution in [0.2, 0.25) is 15.1 Å². The van der Waals surface area contributed by atoms with Crippen LogP contribution >= 0.6 is 42.1 Å². The van der Waals surface area contributed by atoms with Gasteiger partial charge in [0.25, 0.3) is 0 Å². The zero-order valence-corrected chi connectivity index (χ0v) is 54.4. The van der Waals surface area contributed by atoms with E-state index in [1.54, 1.807) is 46.4 Å². The molecule has 0 spiro atoms. The summed E-state index contributed by atoms with van der Waals surface area (Å²) in [5, 5.41) is 65.6. The molecule has 3 aliphatic heterocycles. The summed E-state index contributed by atoms with van der Waals surface area (Å²) in [6.45, 7) is 17.2. The molecule has 3 fully saturated rings. The fraction of sp³-hybridized carbons (Fsp3) is 0.688. The Morgan fingerprint density at radius 3 is 1.81 bits per heavy atom. The number of aliphatic hydroxyl groups is 5. The number of amides is 1. The summed E-state index contributed by atoms with van der Waals surface area (Å²) in [4.78, 5) is 33.3. The summed E-state index contributed by atoms with van der Waals surface area (Å²) in [6.07, 6.45) is -4.08. The summed E-state index contributed by atoms with van der Waals surface area (Å²) < 4.78 is 38.6. The second-order valence-corrected chi connectivity index (χ2v) is 30.1. The largest absolute Gasteiger partial charge is 0.461 e. The first-order valence-electron chi connectivity index (χ1n) is 29.9. The molecule has 3 saturated heterocycles. The van der Waals surface area contributed by atoms with Gasteiger partial charge in [-0.3, -0.25) is 9.59 Å². The SMILES string of the molecule is CC[C@H]1OC(=O)[C@H](C)[C@@H](O[C@H]2C[C@@](C)(OC)[C@@H](O)[C@H](C)O2)[C@H](C)[C@@H](O[C@@H]2O[C@H](C)C[C@H](N(C)C)[C@H]2O)[C@](C)(O)C[C@@H](C)CN(C(=O)CCCCCCC[P+](c2ccc(Cl)cc2)(c2ccc(Cl)cc2)c2ccc(Cl)cc2)[C@H](C)[C@@H](O)[C@]1(C)CO. The van der Waals surface area contributed by atoms with Crippen molar-refractivity contribution in [1.29, 1.82) is 0 Å². The van der Waals surface area contributed by atoms with Gasteiger partial charge in [0, 0.05) is 53.5 Å². The number of ether oxygens (including phenoxy) is 6. The van der Waals surface area contributed by atoms with Crippen molar-refractivity contribution >= 4 is 69.9 Å². The Bertz CT molecular complexity index is 2400. The van der Waals surface area contributed by atoms with E-state index in [-0.39, 0.29) is 50.3 Å². The van der Waals surface area contributed by atoms with E-state index < -0.39 is 116 Å². The molecule has 0 unspecified atom stereocenters. The molecule has 3 aromatic carbocycles. The topological polar surface area (TPSA) is 197 Å². The van der Waals surface area contributed by atoms with E-state index in [0.717, 1.165) is 31.8 Å². The van der Waals surface area contributed by atoms with Gasteiger partial charge in [0.2, 0.25) is 5.91 Å². The van der Waals surface area contributed by atoms with Crippen LogP contribution in [0, 0.1) is 23.2 Å². The van der Waals surface area contributed by atoms with Crippen LogP contribution in [0.25, 0.3) is 0 Å². The summed E-state index contributed by atoms with van der Waals surface area (Å²) in [6, 6.07) is 23.2. The molecule has 5 N–H and O–H groups in total. The zero-order chi connectivity index (χ0) is 61.4. The van der Waals surface area contributed by atoms with Crippen molar-refractivity contribution in [3.8, 4) is 0 Å². The molecule has 3 aliphatic rings. The van der Waals surface area contributed by atoms with Crippen LogP contribution in [0.4, 0.5) is 0 Å². The first-order chi connectivity index (χ1) is 39.1. The Labute approximate surface area is 510 Å². The minimum atomic E-state index is -2.21. The van der Waals surface area contributed by atoms with Crippen molar-refractivity contribution in [3.05, 3.63) is 87.9 Å². The number of benzene rings is 3. The minimum absolute atomic E-state index is 0.0571. The summed E-state index contributed by atoms with van der Waals surface area (Å²) in [5.41, 5.74) is -4.27. The molecule has 0 saturated carbocycles. The van der Waals surface area contributed by atoms with Crippen LogP contribution in [0.15, 0.2) is 72.8 Å². The van der Waals surface area contributed by atoms with Gasteiger partial charge < -0.3 is 63.8 Å². The van der Waals surface area contributed by atoms with Crippen LogP contribution in [0.1, 0.15) is 133 Å². The Balaban J connectivity index is 1.28. The molecule has 83 heavy (non-hydrogen) atoms. The van der Waals surface area contributed by atoms with Crippen molar-refractivity contribution in [3.63, 3.8) is 0 Å². The average Bonchev–Trinajstić information content (AvgIpc) is 3.66. The van der Waals surface area contributed by atoms with Crippen LogP contribution in [-0.2, 0) is 38.0 Å². The van der Waals surface area contributed by atoms with Crippen LogP contribution < -0.4 is 15.9 Å². The number of rotatable bonds is 19. The third kappa shape index (κ3) is 16.4. The molecule has 3 aromatic rings. The number of unbranched alkanes of at least 4 members (excludes halogenated alkanes) is 4.